The van der Waals surface area contributed by atoms with Gasteiger partial charge in [0, 0.05) is 12.6 Å². The molecule has 1 atom stereocenters. The molecular weight excluding hydrogens is 138 g/mol. The molecule has 0 saturated carbocycles. The first-order valence-electron chi connectivity index (χ1n) is 4.44. The summed E-state index contributed by atoms with van der Waals surface area (Å²) in [4.78, 5) is 2.35. The fourth-order valence-corrected chi connectivity index (χ4v) is 0.623. The Kier molecular flexibility index (Phi) is 12.2. The highest BCUT2D eigenvalue weighted by atomic mass is 16.2. The molecule has 0 aromatic heterocycles. The second kappa shape index (κ2) is 9.92. The fraction of sp³-hybridized carbons (Fsp3) is 1.00. The number of aliphatic hydroxyl groups excluding tert-OH is 1. The van der Waals surface area contributed by atoms with Crippen LogP contribution < -0.4 is 0 Å². The molecule has 0 unspecified atom stereocenters. The van der Waals surface area contributed by atoms with Crippen molar-refractivity contribution in [3.05, 3.63) is 0 Å². The number of aliphatic hydroxyl groups is 1. The summed E-state index contributed by atoms with van der Waals surface area (Å²) in [5.74, 6) is 0. The first-order valence-corrected chi connectivity index (χ1v) is 4.44. The standard InChI is InChI=1S/C7H17N.C2H6O/c1-5-7(3)8(4)6-2;1-2-3/h7H,5-6H2,1-4H3;3H,2H2,1H3/t7-;/m1./s1. The van der Waals surface area contributed by atoms with E-state index in [1.807, 2.05) is 0 Å². The molecule has 0 radical (unpaired) electrons. The van der Waals surface area contributed by atoms with Crippen LogP contribution >= 0.6 is 0 Å². The Bertz CT molecular complexity index is 58.6. The van der Waals surface area contributed by atoms with Crippen LogP contribution in [-0.2, 0) is 0 Å². The van der Waals surface area contributed by atoms with E-state index in [9.17, 15) is 0 Å². The molecule has 2 nitrogen and oxygen atoms in total. The molecule has 0 spiro atoms. The van der Waals surface area contributed by atoms with E-state index in [2.05, 4.69) is 32.7 Å². The lowest BCUT2D eigenvalue weighted by Gasteiger charge is -2.20. The molecule has 2 heteroatoms. The zero-order valence-corrected chi connectivity index (χ0v) is 8.59. The van der Waals surface area contributed by atoms with E-state index in [0.717, 1.165) is 12.6 Å². The Labute approximate surface area is 71.2 Å². The highest BCUT2D eigenvalue weighted by Gasteiger charge is 2.01. The van der Waals surface area contributed by atoms with Crippen LogP contribution in [0.15, 0.2) is 0 Å². The monoisotopic (exact) mass is 161 g/mol. The molecule has 0 fully saturated rings. The molecule has 0 saturated heterocycles. The van der Waals surface area contributed by atoms with E-state index < -0.39 is 0 Å². The highest BCUT2D eigenvalue weighted by Crippen LogP contribution is 1.97. The van der Waals surface area contributed by atoms with Crippen LogP contribution in [0, 0.1) is 0 Å². The molecule has 70 valence electrons. The van der Waals surface area contributed by atoms with E-state index in [1.54, 1.807) is 6.92 Å². The third-order valence-electron chi connectivity index (χ3n) is 1.84. The average Bonchev–Trinajstić information content (AvgIpc) is 2.03. The summed E-state index contributed by atoms with van der Waals surface area (Å²) in [6, 6.07) is 0.750. The van der Waals surface area contributed by atoms with Gasteiger partial charge in [-0.15, -0.1) is 0 Å². The van der Waals surface area contributed by atoms with Gasteiger partial charge in [0.2, 0.25) is 0 Å². The van der Waals surface area contributed by atoms with Gasteiger partial charge in [-0.3, -0.25) is 0 Å². The number of rotatable bonds is 3. The van der Waals surface area contributed by atoms with E-state index >= 15 is 0 Å². The van der Waals surface area contributed by atoms with Gasteiger partial charge in [0.15, 0.2) is 0 Å². The topological polar surface area (TPSA) is 23.5 Å². The first kappa shape index (κ1) is 13.5. The van der Waals surface area contributed by atoms with Gasteiger partial charge in [0.25, 0.3) is 0 Å². The van der Waals surface area contributed by atoms with Gasteiger partial charge in [0.1, 0.15) is 0 Å². The first-order chi connectivity index (χ1) is 5.13. The fourth-order valence-electron chi connectivity index (χ4n) is 0.623. The minimum absolute atomic E-state index is 0.250. The van der Waals surface area contributed by atoms with Gasteiger partial charge < -0.3 is 10.0 Å². The maximum atomic E-state index is 7.57. The summed E-state index contributed by atoms with van der Waals surface area (Å²) >= 11 is 0. The average molecular weight is 161 g/mol. The molecular formula is C9H23NO. The summed E-state index contributed by atoms with van der Waals surface area (Å²) in [5.41, 5.74) is 0. The van der Waals surface area contributed by atoms with E-state index in [4.69, 9.17) is 5.11 Å². The third-order valence-corrected chi connectivity index (χ3v) is 1.84. The van der Waals surface area contributed by atoms with Gasteiger partial charge in [-0.2, -0.15) is 0 Å². The second-order valence-corrected chi connectivity index (χ2v) is 2.65. The molecule has 0 bridgehead atoms. The number of nitrogens with zero attached hydrogens (tertiary/aromatic N) is 1. The molecule has 11 heavy (non-hydrogen) atoms. The molecule has 0 aliphatic carbocycles. The Morgan fingerprint density at radius 3 is 1.73 bits per heavy atom. The molecule has 0 amide bonds. The summed E-state index contributed by atoms with van der Waals surface area (Å²) in [5, 5.41) is 7.57. The molecule has 0 aromatic rings. The van der Waals surface area contributed by atoms with E-state index in [1.165, 1.54) is 6.42 Å². The lowest BCUT2D eigenvalue weighted by Crippen LogP contribution is -2.27. The van der Waals surface area contributed by atoms with Gasteiger partial charge in [0.05, 0.1) is 0 Å². The number of hydrogen-bond donors (Lipinski definition) is 1. The van der Waals surface area contributed by atoms with Crippen molar-refractivity contribution in [1.82, 2.24) is 4.90 Å². The lowest BCUT2D eigenvalue weighted by molar-refractivity contribution is 0.265. The molecule has 1 N–H and O–H groups in total. The Balaban J connectivity index is 0. The minimum Gasteiger partial charge on any atom is -0.397 e. The zero-order valence-electron chi connectivity index (χ0n) is 8.59. The van der Waals surface area contributed by atoms with E-state index in [-0.39, 0.29) is 6.61 Å². The van der Waals surface area contributed by atoms with E-state index in [0.29, 0.717) is 0 Å². The SMILES string of the molecule is CCO.CC[C@@H](C)N(C)CC. The maximum absolute atomic E-state index is 7.57. The van der Waals surface area contributed by atoms with Gasteiger partial charge in [-0.25, -0.2) is 0 Å². The van der Waals surface area contributed by atoms with Crippen LogP contribution in [0.1, 0.15) is 34.1 Å². The largest absolute Gasteiger partial charge is 0.397 e. The maximum Gasteiger partial charge on any atom is 0.0402 e. The van der Waals surface area contributed by atoms with Crippen molar-refractivity contribution in [3.63, 3.8) is 0 Å². The quantitative estimate of drug-likeness (QED) is 0.681. The normalized spacial score (nSPS) is 12.3. The second-order valence-electron chi connectivity index (χ2n) is 2.65. The van der Waals surface area contributed by atoms with Gasteiger partial charge >= 0.3 is 0 Å². The molecule has 0 heterocycles. The van der Waals surface area contributed by atoms with Crippen molar-refractivity contribution in [1.29, 1.82) is 0 Å². The van der Waals surface area contributed by atoms with Gasteiger partial charge in [-0.05, 0) is 33.9 Å². The summed E-state index contributed by atoms with van der Waals surface area (Å²) in [6.07, 6.45) is 1.25. The smallest absolute Gasteiger partial charge is 0.0402 e. The van der Waals surface area contributed by atoms with Crippen molar-refractivity contribution in [2.45, 2.75) is 40.2 Å². The van der Waals surface area contributed by atoms with Crippen LogP contribution in [-0.4, -0.2) is 36.2 Å². The van der Waals surface area contributed by atoms with Crippen molar-refractivity contribution in [2.75, 3.05) is 20.2 Å². The predicted molar refractivity (Wildman–Crippen MR) is 50.8 cm³/mol. The van der Waals surface area contributed by atoms with Crippen molar-refractivity contribution in [2.24, 2.45) is 0 Å². The summed E-state index contributed by atoms with van der Waals surface area (Å²) in [7, 11) is 2.16. The molecule has 0 aromatic carbocycles. The van der Waals surface area contributed by atoms with Gasteiger partial charge in [-0.1, -0.05) is 13.8 Å². The van der Waals surface area contributed by atoms with Crippen LogP contribution in [0.4, 0.5) is 0 Å². The Hall–Kier alpha value is -0.0800. The van der Waals surface area contributed by atoms with Crippen LogP contribution in [0.5, 0.6) is 0 Å². The number of hydrogen-bond acceptors (Lipinski definition) is 2. The van der Waals surface area contributed by atoms with Crippen LogP contribution in [0.3, 0.4) is 0 Å². The van der Waals surface area contributed by atoms with Crippen molar-refractivity contribution < 1.29 is 5.11 Å². The minimum atomic E-state index is 0.250. The highest BCUT2D eigenvalue weighted by molar-refractivity contribution is 4.56. The van der Waals surface area contributed by atoms with Crippen LogP contribution in [0.25, 0.3) is 0 Å². The Morgan fingerprint density at radius 2 is 1.64 bits per heavy atom. The molecule has 0 aliphatic rings. The van der Waals surface area contributed by atoms with Crippen molar-refractivity contribution in [3.8, 4) is 0 Å². The van der Waals surface area contributed by atoms with Crippen LogP contribution in [0.2, 0.25) is 0 Å². The summed E-state index contributed by atoms with van der Waals surface area (Å²) < 4.78 is 0. The van der Waals surface area contributed by atoms with Crippen molar-refractivity contribution >= 4 is 0 Å². The predicted octanol–water partition coefficient (Wildman–Crippen LogP) is 1.74. The third kappa shape index (κ3) is 9.92. The summed E-state index contributed by atoms with van der Waals surface area (Å²) in [6.45, 7) is 9.75. The molecule has 0 aliphatic heterocycles. The lowest BCUT2D eigenvalue weighted by atomic mass is 10.2. The zero-order chi connectivity index (χ0) is 9.28. The Morgan fingerprint density at radius 1 is 1.27 bits per heavy atom. The molecule has 0 rings (SSSR count).